The van der Waals surface area contributed by atoms with Gasteiger partial charge in [0.15, 0.2) is 6.10 Å². The number of anilines is 1. The Morgan fingerprint density at radius 3 is 2.57 bits per heavy atom. The summed E-state index contributed by atoms with van der Waals surface area (Å²) in [6.45, 7) is 5.82. The summed E-state index contributed by atoms with van der Waals surface area (Å²) in [7, 11) is 0. The topological polar surface area (TPSA) is 71.2 Å². The average Bonchev–Trinajstić information content (AvgIpc) is 3.10. The first-order valence-corrected chi connectivity index (χ1v) is 9.63. The molecule has 0 saturated carbocycles. The fourth-order valence-corrected chi connectivity index (χ4v) is 3.22. The number of amides is 1. The summed E-state index contributed by atoms with van der Waals surface area (Å²) in [5.74, 6) is -0.429. The number of aromatic amines is 1. The molecule has 3 rings (SSSR count). The van der Waals surface area contributed by atoms with Crippen molar-refractivity contribution in [1.29, 1.82) is 0 Å². The van der Waals surface area contributed by atoms with Crippen LogP contribution in [-0.4, -0.2) is 23.0 Å². The van der Waals surface area contributed by atoms with Crippen LogP contribution in [0.4, 0.5) is 5.69 Å². The van der Waals surface area contributed by atoms with Crippen LogP contribution in [0.2, 0.25) is 0 Å². The molecule has 0 bridgehead atoms. The molecule has 3 aromatic rings. The maximum Gasteiger partial charge on any atom is 0.311 e. The highest BCUT2D eigenvalue weighted by Crippen LogP contribution is 2.26. The molecule has 2 N–H and O–H groups in total. The zero-order valence-corrected chi connectivity index (χ0v) is 16.5. The van der Waals surface area contributed by atoms with E-state index in [-0.39, 0.29) is 12.3 Å². The number of rotatable bonds is 7. The van der Waals surface area contributed by atoms with E-state index in [0.717, 1.165) is 34.1 Å². The Balaban J connectivity index is 1.62. The van der Waals surface area contributed by atoms with Crippen molar-refractivity contribution < 1.29 is 14.3 Å². The summed E-state index contributed by atoms with van der Waals surface area (Å²) < 4.78 is 5.37. The van der Waals surface area contributed by atoms with Gasteiger partial charge in [-0.2, -0.15) is 0 Å². The molecular formula is C23H26N2O3. The maximum absolute atomic E-state index is 12.5. The number of para-hydroxylation sites is 2. The SMILES string of the molecule is CC[C@H](C)c1ccccc1NC(=O)[C@@H](C)OC(=O)Cc1c[nH]c2ccccc12. The van der Waals surface area contributed by atoms with E-state index in [1.807, 2.05) is 48.5 Å². The van der Waals surface area contributed by atoms with Gasteiger partial charge < -0.3 is 15.0 Å². The summed E-state index contributed by atoms with van der Waals surface area (Å²) in [5.41, 5.74) is 3.67. The van der Waals surface area contributed by atoms with Crippen molar-refractivity contribution in [3.05, 3.63) is 65.9 Å². The first-order valence-electron chi connectivity index (χ1n) is 9.63. The highest BCUT2D eigenvalue weighted by Gasteiger charge is 2.20. The van der Waals surface area contributed by atoms with Crippen LogP contribution in [-0.2, 0) is 20.7 Å². The molecule has 2 aromatic carbocycles. The van der Waals surface area contributed by atoms with Gasteiger partial charge in [-0.15, -0.1) is 0 Å². The summed E-state index contributed by atoms with van der Waals surface area (Å²) in [5, 5.41) is 3.88. The number of benzene rings is 2. The van der Waals surface area contributed by atoms with Crippen LogP contribution >= 0.6 is 0 Å². The Morgan fingerprint density at radius 2 is 1.79 bits per heavy atom. The van der Waals surface area contributed by atoms with Gasteiger partial charge in [-0.3, -0.25) is 9.59 Å². The molecule has 0 aliphatic heterocycles. The van der Waals surface area contributed by atoms with E-state index in [2.05, 4.69) is 24.1 Å². The Kier molecular flexibility index (Phi) is 6.14. The maximum atomic E-state index is 12.5. The molecule has 0 radical (unpaired) electrons. The molecule has 0 aliphatic rings. The molecule has 1 heterocycles. The van der Waals surface area contributed by atoms with Gasteiger partial charge in [0.05, 0.1) is 6.42 Å². The summed E-state index contributed by atoms with van der Waals surface area (Å²) in [6.07, 6.45) is 2.02. The van der Waals surface area contributed by atoms with Gasteiger partial charge in [-0.25, -0.2) is 0 Å². The van der Waals surface area contributed by atoms with Gasteiger partial charge in [-0.1, -0.05) is 50.2 Å². The van der Waals surface area contributed by atoms with Crippen LogP contribution in [0.25, 0.3) is 10.9 Å². The van der Waals surface area contributed by atoms with E-state index in [4.69, 9.17) is 4.74 Å². The summed E-state index contributed by atoms with van der Waals surface area (Å²) in [6, 6.07) is 15.5. The number of fused-ring (bicyclic) bond motifs is 1. The lowest BCUT2D eigenvalue weighted by molar-refractivity contribution is -0.152. The Labute approximate surface area is 165 Å². The number of carbonyl (C=O) groups excluding carboxylic acids is 2. The molecule has 1 aromatic heterocycles. The predicted molar refractivity (Wildman–Crippen MR) is 111 cm³/mol. The molecule has 0 saturated heterocycles. The van der Waals surface area contributed by atoms with Gasteiger partial charge >= 0.3 is 5.97 Å². The fourth-order valence-electron chi connectivity index (χ4n) is 3.22. The van der Waals surface area contributed by atoms with Crippen LogP contribution in [0.15, 0.2) is 54.7 Å². The third-order valence-electron chi connectivity index (χ3n) is 5.05. The van der Waals surface area contributed by atoms with Crippen molar-refractivity contribution in [2.75, 3.05) is 5.32 Å². The molecule has 5 heteroatoms. The lowest BCUT2D eigenvalue weighted by Gasteiger charge is -2.18. The molecule has 2 atom stereocenters. The number of nitrogens with one attached hydrogen (secondary N) is 2. The molecule has 1 amide bonds. The lowest BCUT2D eigenvalue weighted by Crippen LogP contribution is -2.30. The van der Waals surface area contributed by atoms with Crippen LogP contribution in [0.5, 0.6) is 0 Å². The van der Waals surface area contributed by atoms with E-state index >= 15 is 0 Å². The molecule has 28 heavy (non-hydrogen) atoms. The molecule has 0 fully saturated rings. The minimum absolute atomic E-state index is 0.116. The Hall–Kier alpha value is -3.08. The number of aromatic nitrogens is 1. The minimum atomic E-state index is -0.873. The highest BCUT2D eigenvalue weighted by molar-refractivity contribution is 5.96. The number of ether oxygens (including phenoxy) is 1. The smallest absolute Gasteiger partial charge is 0.311 e. The summed E-state index contributed by atoms with van der Waals surface area (Å²) >= 11 is 0. The van der Waals surface area contributed by atoms with Gasteiger partial charge in [0.2, 0.25) is 0 Å². The zero-order valence-electron chi connectivity index (χ0n) is 16.5. The Bertz CT molecular complexity index is 977. The van der Waals surface area contributed by atoms with Crippen molar-refractivity contribution in [2.45, 2.75) is 45.6 Å². The van der Waals surface area contributed by atoms with E-state index in [9.17, 15) is 9.59 Å². The van der Waals surface area contributed by atoms with Gasteiger partial charge in [0.25, 0.3) is 5.91 Å². The van der Waals surface area contributed by atoms with Crippen molar-refractivity contribution >= 4 is 28.5 Å². The molecular weight excluding hydrogens is 352 g/mol. The van der Waals surface area contributed by atoms with E-state index in [0.29, 0.717) is 5.92 Å². The molecule has 5 nitrogen and oxygen atoms in total. The monoisotopic (exact) mass is 378 g/mol. The Morgan fingerprint density at radius 1 is 1.07 bits per heavy atom. The fraction of sp³-hybridized carbons (Fsp3) is 0.304. The normalized spacial score (nSPS) is 13.1. The van der Waals surface area contributed by atoms with E-state index < -0.39 is 12.1 Å². The summed E-state index contributed by atoms with van der Waals surface area (Å²) in [4.78, 5) is 28.0. The molecule has 0 spiro atoms. The average molecular weight is 378 g/mol. The zero-order chi connectivity index (χ0) is 20.1. The van der Waals surface area contributed by atoms with Crippen LogP contribution in [0, 0.1) is 0 Å². The minimum Gasteiger partial charge on any atom is -0.452 e. The van der Waals surface area contributed by atoms with Crippen LogP contribution in [0.1, 0.15) is 44.2 Å². The van der Waals surface area contributed by atoms with Gasteiger partial charge in [-0.05, 0) is 42.5 Å². The predicted octanol–water partition coefficient (Wildman–Crippen LogP) is 4.79. The van der Waals surface area contributed by atoms with E-state index in [1.54, 1.807) is 13.1 Å². The standard InChI is InChI=1S/C23H26N2O3/c1-4-15(2)18-9-5-8-12-21(18)25-23(27)16(3)28-22(26)13-17-14-24-20-11-7-6-10-19(17)20/h5-12,14-16,24H,4,13H2,1-3H3,(H,25,27)/t15-,16+/m0/s1. The second-order valence-corrected chi connectivity index (χ2v) is 7.05. The van der Waals surface area contributed by atoms with Crippen molar-refractivity contribution in [2.24, 2.45) is 0 Å². The third-order valence-corrected chi connectivity index (χ3v) is 5.05. The number of hydrogen-bond acceptors (Lipinski definition) is 3. The lowest BCUT2D eigenvalue weighted by atomic mass is 9.97. The van der Waals surface area contributed by atoms with Crippen molar-refractivity contribution in [3.63, 3.8) is 0 Å². The number of esters is 1. The molecule has 0 unspecified atom stereocenters. The number of hydrogen-bond donors (Lipinski definition) is 2. The molecule has 146 valence electrons. The number of carbonyl (C=O) groups is 2. The second kappa shape index (κ2) is 8.74. The second-order valence-electron chi connectivity index (χ2n) is 7.05. The first-order chi connectivity index (χ1) is 13.5. The van der Waals surface area contributed by atoms with Crippen LogP contribution in [0.3, 0.4) is 0 Å². The number of H-pyrrole nitrogens is 1. The van der Waals surface area contributed by atoms with E-state index in [1.165, 1.54) is 0 Å². The van der Waals surface area contributed by atoms with Crippen LogP contribution < -0.4 is 5.32 Å². The third kappa shape index (κ3) is 4.42. The first kappa shape index (κ1) is 19.7. The highest BCUT2D eigenvalue weighted by atomic mass is 16.5. The van der Waals surface area contributed by atoms with Crippen molar-refractivity contribution in [1.82, 2.24) is 4.98 Å². The van der Waals surface area contributed by atoms with Gasteiger partial charge in [0, 0.05) is 22.8 Å². The van der Waals surface area contributed by atoms with Gasteiger partial charge in [0.1, 0.15) is 0 Å². The molecule has 0 aliphatic carbocycles. The largest absolute Gasteiger partial charge is 0.452 e. The van der Waals surface area contributed by atoms with Crippen molar-refractivity contribution in [3.8, 4) is 0 Å². The quantitative estimate of drug-likeness (QED) is 0.581.